The van der Waals surface area contributed by atoms with Gasteiger partial charge in [0.1, 0.15) is 5.69 Å². The van der Waals surface area contributed by atoms with E-state index in [-0.39, 0.29) is 12.0 Å². The highest BCUT2D eigenvalue weighted by atomic mass is 16.5. The van der Waals surface area contributed by atoms with Gasteiger partial charge < -0.3 is 14.5 Å². The van der Waals surface area contributed by atoms with Crippen LogP contribution in [-0.4, -0.2) is 58.3 Å². The predicted octanol–water partition coefficient (Wildman–Crippen LogP) is 2.32. The van der Waals surface area contributed by atoms with Crippen LogP contribution in [0.15, 0.2) is 30.3 Å². The number of aromatic nitrogens is 3. The number of anilines is 1. The third-order valence-corrected chi connectivity index (χ3v) is 4.19. The van der Waals surface area contributed by atoms with Gasteiger partial charge in [-0.1, -0.05) is 6.07 Å². The van der Waals surface area contributed by atoms with Gasteiger partial charge in [-0.05, 0) is 45.4 Å². The van der Waals surface area contributed by atoms with Crippen LogP contribution in [0.1, 0.15) is 36.5 Å². The van der Waals surface area contributed by atoms with Crippen LogP contribution in [0, 0.1) is 6.92 Å². The molecule has 1 fully saturated rings. The van der Waals surface area contributed by atoms with E-state index in [4.69, 9.17) is 4.74 Å². The van der Waals surface area contributed by atoms with Gasteiger partial charge in [-0.2, -0.15) is 5.10 Å². The molecule has 138 valence electrons. The van der Waals surface area contributed by atoms with E-state index < -0.39 is 0 Å². The van der Waals surface area contributed by atoms with Crippen LogP contribution in [0.3, 0.4) is 0 Å². The molecule has 0 N–H and O–H groups in total. The molecule has 0 spiro atoms. The smallest absolute Gasteiger partial charge is 0.272 e. The van der Waals surface area contributed by atoms with Crippen LogP contribution >= 0.6 is 0 Å². The summed E-state index contributed by atoms with van der Waals surface area (Å²) in [5, 5.41) is 8.38. The Labute approximate surface area is 154 Å². The molecule has 1 amide bonds. The van der Waals surface area contributed by atoms with Crippen LogP contribution in [0.5, 0.6) is 5.88 Å². The van der Waals surface area contributed by atoms with Crippen molar-refractivity contribution in [2.24, 2.45) is 0 Å². The summed E-state index contributed by atoms with van der Waals surface area (Å²) in [5.41, 5.74) is 1.32. The number of ether oxygens (including phenoxy) is 1. The maximum absolute atomic E-state index is 12.8. The summed E-state index contributed by atoms with van der Waals surface area (Å²) in [7, 11) is 0. The molecular formula is C19H25N5O2. The number of carbonyl (C=O) groups is 1. The molecule has 0 aliphatic carbocycles. The molecule has 3 rings (SSSR count). The molecule has 7 heteroatoms. The molecule has 1 aliphatic rings. The molecular weight excluding hydrogens is 330 g/mol. The van der Waals surface area contributed by atoms with Crippen molar-refractivity contribution in [2.75, 3.05) is 31.1 Å². The van der Waals surface area contributed by atoms with Crippen molar-refractivity contribution in [3.05, 3.63) is 41.7 Å². The summed E-state index contributed by atoms with van der Waals surface area (Å²) in [4.78, 5) is 21.2. The molecule has 1 aliphatic heterocycles. The highest BCUT2D eigenvalue weighted by Crippen LogP contribution is 2.16. The summed E-state index contributed by atoms with van der Waals surface area (Å²) < 4.78 is 5.60. The van der Waals surface area contributed by atoms with E-state index in [0.717, 1.165) is 31.0 Å². The van der Waals surface area contributed by atoms with Crippen molar-refractivity contribution in [1.29, 1.82) is 0 Å². The predicted molar refractivity (Wildman–Crippen MR) is 99.5 cm³/mol. The first-order valence-corrected chi connectivity index (χ1v) is 9.01. The molecule has 0 bridgehead atoms. The van der Waals surface area contributed by atoms with Gasteiger partial charge in [-0.25, -0.2) is 4.98 Å². The lowest BCUT2D eigenvalue weighted by Gasteiger charge is -2.22. The fourth-order valence-electron chi connectivity index (χ4n) is 2.91. The van der Waals surface area contributed by atoms with E-state index in [1.807, 2.05) is 43.9 Å². The quantitative estimate of drug-likeness (QED) is 0.838. The molecule has 0 unspecified atom stereocenters. The lowest BCUT2D eigenvalue weighted by atomic mass is 10.3. The van der Waals surface area contributed by atoms with E-state index in [1.54, 1.807) is 12.1 Å². The second kappa shape index (κ2) is 8.12. The summed E-state index contributed by atoms with van der Waals surface area (Å²) in [6.45, 7) is 8.71. The molecule has 0 aromatic carbocycles. The highest BCUT2D eigenvalue weighted by molar-refractivity contribution is 5.92. The van der Waals surface area contributed by atoms with Crippen LogP contribution < -0.4 is 9.64 Å². The number of nitrogens with zero attached hydrogens (tertiary/aromatic N) is 5. The van der Waals surface area contributed by atoms with Crippen LogP contribution in [-0.2, 0) is 0 Å². The Kier molecular flexibility index (Phi) is 5.65. The zero-order chi connectivity index (χ0) is 18.5. The summed E-state index contributed by atoms with van der Waals surface area (Å²) >= 11 is 0. The van der Waals surface area contributed by atoms with E-state index in [1.165, 1.54) is 0 Å². The third kappa shape index (κ3) is 4.47. The fourth-order valence-corrected chi connectivity index (χ4v) is 2.91. The van der Waals surface area contributed by atoms with Gasteiger partial charge in [0.05, 0.1) is 11.8 Å². The van der Waals surface area contributed by atoms with Crippen molar-refractivity contribution in [1.82, 2.24) is 20.1 Å². The number of carbonyl (C=O) groups excluding carboxylic acids is 1. The molecule has 0 saturated carbocycles. The molecule has 3 heterocycles. The second-order valence-corrected chi connectivity index (χ2v) is 6.69. The molecule has 0 radical (unpaired) electrons. The number of hydrogen-bond acceptors (Lipinski definition) is 6. The van der Waals surface area contributed by atoms with E-state index >= 15 is 0 Å². The van der Waals surface area contributed by atoms with Crippen molar-refractivity contribution in [2.45, 2.75) is 33.3 Å². The normalized spacial score (nSPS) is 15.1. The standard InChI is InChI=1S/C19H25N5O2/c1-14(2)26-18-7-4-6-16(20-18)19(25)24-11-5-10-23(12-13-24)17-9-8-15(3)21-22-17/h4,6-9,14H,5,10-13H2,1-3H3. The maximum atomic E-state index is 12.8. The van der Waals surface area contributed by atoms with Gasteiger partial charge in [-0.15, -0.1) is 5.10 Å². The average molecular weight is 355 g/mol. The van der Waals surface area contributed by atoms with Crippen molar-refractivity contribution in [3.8, 4) is 5.88 Å². The molecule has 2 aromatic heterocycles. The number of aryl methyl sites for hydroxylation is 1. The molecule has 2 aromatic rings. The minimum atomic E-state index is -0.0592. The monoisotopic (exact) mass is 355 g/mol. The molecule has 0 atom stereocenters. The van der Waals surface area contributed by atoms with Gasteiger partial charge in [0, 0.05) is 32.2 Å². The molecule has 1 saturated heterocycles. The highest BCUT2D eigenvalue weighted by Gasteiger charge is 2.22. The summed E-state index contributed by atoms with van der Waals surface area (Å²) in [5.74, 6) is 1.28. The van der Waals surface area contributed by atoms with Gasteiger partial charge >= 0.3 is 0 Å². The largest absolute Gasteiger partial charge is 0.475 e. The number of pyridine rings is 1. The Morgan fingerprint density at radius 1 is 1.08 bits per heavy atom. The minimum Gasteiger partial charge on any atom is -0.475 e. The third-order valence-electron chi connectivity index (χ3n) is 4.19. The van der Waals surface area contributed by atoms with E-state index in [2.05, 4.69) is 20.1 Å². The van der Waals surface area contributed by atoms with Crippen molar-refractivity contribution >= 4 is 11.7 Å². The lowest BCUT2D eigenvalue weighted by Crippen LogP contribution is -2.35. The topological polar surface area (TPSA) is 71.5 Å². The summed E-state index contributed by atoms with van der Waals surface area (Å²) in [6, 6.07) is 9.26. The maximum Gasteiger partial charge on any atom is 0.272 e. The number of rotatable bonds is 4. The zero-order valence-corrected chi connectivity index (χ0v) is 15.6. The van der Waals surface area contributed by atoms with Crippen molar-refractivity contribution < 1.29 is 9.53 Å². The number of amides is 1. The minimum absolute atomic E-state index is 0.0233. The Hall–Kier alpha value is -2.70. The van der Waals surface area contributed by atoms with Crippen LogP contribution in [0.25, 0.3) is 0 Å². The second-order valence-electron chi connectivity index (χ2n) is 6.69. The van der Waals surface area contributed by atoms with Gasteiger partial charge in [0.15, 0.2) is 5.82 Å². The lowest BCUT2D eigenvalue weighted by molar-refractivity contribution is 0.0759. The molecule has 7 nitrogen and oxygen atoms in total. The molecule has 26 heavy (non-hydrogen) atoms. The summed E-state index contributed by atoms with van der Waals surface area (Å²) in [6.07, 6.45) is 0.902. The first-order valence-electron chi connectivity index (χ1n) is 9.01. The van der Waals surface area contributed by atoms with Gasteiger partial charge in [-0.3, -0.25) is 4.79 Å². The fraction of sp³-hybridized carbons (Fsp3) is 0.474. The van der Waals surface area contributed by atoms with E-state index in [9.17, 15) is 4.79 Å². The first-order chi connectivity index (χ1) is 12.5. The Balaban J connectivity index is 1.67. The zero-order valence-electron chi connectivity index (χ0n) is 15.6. The number of hydrogen-bond donors (Lipinski definition) is 0. The Morgan fingerprint density at radius 3 is 2.65 bits per heavy atom. The van der Waals surface area contributed by atoms with E-state index in [0.29, 0.717) is 24.7 Å². The van der Waals surface area contributed by atoms with Gasteiger partial charge in [0.2, 0.25) is 5.88 Å². The van der Waals surface area contributed by atoms with Crippen molar-refractivity contribution in [3.63, 3.8) is 0 Å². The van der Waals surface area contributed by atoms with Crippen LogP contribution in [0.4, 0.5) is 5.82 Å². The average Bonchev–Trinajstić information content (AvgIpc) is 2.87. The van der Waals surface area contributed by atoms with Gasteiger partial charge in [0.25, 0.3) is 5.91 Å². The first kappa shape index (κ1) is 18.1. The Bertz CT molecular complexity index is 748. The SMILES string of the molecule is Cc1ccc(N2CCCN(C(=O)c3cccc(OC(C)C)n3)CC2)nn1. The Morgan fingerprint density at radius 2 is 1.92 bits per heavy atom. The van der Waals surface area contributed by atoms with Crippen LogP contribution in [0.2, 0.25) is 0 Å².